The normalized spacial score (nSPS) is 12.9. The minimum absolute atomic E-state index is 0.0203. The van der Waals surface area contributed by atoms with Crippen LogP contribution in [0.2, 0.25) is 0 Å². The molecular weight excluding hydrogens is 240 g/mol. The number of hydrogen-bond acceptors (Lipinski definition) is 3. The van der Waals surface area contributed by atoms with Crippen LogP contribution in [0.3, 0.4) is 0 Å². The number of nitrogens with one attached hydrogen (secondary N) is 3. The second-order valence-corrected chi connectivity index (χ2v) is 5.05. The second kappa shape index (κ2) is 5.40. The van der Waals surface area contributed by atoms with Gasteiger partial charge < -0.3 is 15.6 Å². The number of amides is 1. The van der Waals surface area contributed by atoms with E-state index in [2.05, 4.69) is 20.6 Å². The molecule has 0 fully saturated rings. The van der Waals surface area contributed by atoms with Gasteiger partial charge >= 0.3 is 0 Å². The molecule has 0 aliphatic heterocycles. The molecule has 1 aromatic heterocycles. The van der Waals surface area contributed by atoms with Crippen LogP contribution in [-0.4, -0.2) is 29.0 Å². The Morgan fingerprint density at radius 2 is 2.11 bits per heavy atom. The molecule has 0 aliphatic carbocycles. The summed E-state index contributed by atoms with van der Waals surface area (Å²) in [5.74, 6) is 1.09. The lowest BCUT2D eigenvalue weighted by atomic mass is 10.0. The predicted octanol–water partition coefficient (Wildman–Crippen LogP) is 2.05. The zero-order valence-corrected chi connectivity index (χ0v) is 11.7. The molecule has 1 atom stereocenters. The number of carbonyl (C=O) groups excluding carboxylic acids is 1. The SMILES string of the molecule is CNC(C(=O)Nc1ccc2nc(C)[nH]c2c1)C(C)C. The quantitative estimate of drug-likeness (QED) is 0.788. The van der Waals surface area contributed by atoms with Crippen molar-refractivity contribution in [2.24, 2.45) is 5.92 Å². The standard InChI is InChI=1S/C14H20N4O/c1-8(2)13(15-4)14(19)18-10-5-6-11-12(7-10)17-9(3)16-11/h5-8,13,15H,1-4H3,(H,16,17)(H,18,19). The highest BCUT2D eigenvalue weighted by Crippen LogP contribution is 2.17. The Morgan fingerprint density at radius 1 is 1.37 bits per heavy atom. The van der Waals surface area contributed by atoms with E-state index in [9.17, 15) is 4.79 Å². The van der Waals surface area contributed by atoms with Gasteiger partial charge in [-0.1, -0.05) is 13.8 Å². The number of aromatic amines is 1. The fourth-order valence-electron chi connectivity index (χ4n) is 2.20. The van der Waals surface area contributed by atoms with E-state index in [-0.39, 0.29) is 17.9 Å². The van der Waals surface area contributed by atoms with Crippen LogP contribution in [0, 0.1) is 12.8 Å². The molecule has 1 aromatic carbocycles. The average molecular weight is 260 g/mol. The number of anilines is 1. The first kappa shape index (κ1) is 13.5. The Kier molecular flexibility index (Phi) is 3.85. The molecule has 1 heterocycles. The second-order valence-electron chi connectivity index (χ2n) is 5.05. The predicted molar refractivity (Wildman–Crippen MR) is 77.1 cm³/mol. The van der Waals surface area contributed by atoms with E-state index >= 15 is 0 Å². The van der Waals surface area contributed by atoms with Gasteiger partial charge in [-0.15, -0.1) is 0 Å². The van der Waals surface area contributed by atoms with Crippen LogP contribution in [0.5, 0.6) is 0 Å². The number of benzene rings is 1. The molecule has 0 saturated heterocycles. The van der Waals surface area contributed by atoms with Gasteiger partial charge in [0, 0.05) is 5.69 Å². The van der Waals surface area contributed by atoms with Gasteiger partial charge in [-0.3, -0.25) is 4.79 Å². The molecule has 0 saturated carbocycles. The minimum Gasteiger partial charge on any atom is -0.342 e. The summed E-state index contributed by atoms with van der Waals surface area (Å²) < 4.78 is 0. The van der Waals surface area contributed by atoms with Gasteiger partial charge in [-0.2, -0.15) is 0 Å². The van der Waals surface area contributed by atoms with Gasteiger partial charge in [0.15, 0.2) is 0 Å². The number of nitrogens with zero attached hydrogens (tertiary/aromatic N) is 1. The molecule has 0 radical (unpaired) electrons. The molecule has 3 N–H and O–H groups in total. The summed E-state index contributed by atoms with van der Waals surface area (Å²) in [7, 11) is 1.80. The summed E-state index contributed by atoms with van der Waals surface area (Å²) in [6, 6.07) is 5.48. The van der Waals surface area contributed by atoms with E-state index in [1.54, 1.807) is 7.05 Å². The van der Waals surface area contributed by atoms with Crippen LogP contribution >= 0.6 is 0 Å². The highest BCUT2D eigenvalue weighted by Gasteiger charge is 2.20. The first-order valence-electron chi connectivity index (χ1n) is 6.45. The molecular formula is C14H20N4O. The van der Waals surface area contributed by atoms with Gasteiger partial charge in [0.1, 0.15) is 5.82 Å². The fraction of sp³-hybridized carbons (Fsp3) is 0.429. The van der Waals surface area contributed by atoms with Crippen molar-refractivity contribution in [1.82, 2.24) is 15.3 Å². The largest absolute Gasteiger partial charge is 0.342 e. The molecule has 0 spiro atoms. The number of carbonyl (C=O) groups is 1. The summed E-state index contributed by atoms with van der Waals surface area (Å²) >= 11 is 0. The molecule has 0 bridgehead atoms. The minimum atomic E-state index is -0.195. The number of H-pyrrole nitrogens is 1. The van der Waals surface area contributed by atoms with Crippen molar-refractivity contribution in [1.29, 1.82) is 0 Å². The third-order valence-electron chi connectivity index (χ3n) is 3.13. The molecule has 0 aliphatic rings. The Balaban J connectivity index is 2.18. The molecule has 1 unspecified atom stereocenters. The maximum absolute atomic E-state index is 12.1. The van der Waals surface area contributed by atoms with Crippen LogP contribution in [0.4, 0.5) is 5.69 Å². The first-order chi connectivity index (χ1) is 9.01. The smallest absolute Gasteiger partial charge is 0.241 e. The van der Waals surface area contributed by atoms with E-state index in [1.165, 1.54) is 0 Å². The Bertz CT molecular complexity index is 588. The molecule has 1 amide bonds. The Labute approximate surface area is 112 Å². The van der Waals surface area contributed by atoms with Crippen molar-refractivity contribution >= 4 is 22.6 Å². The number of aryl methyl sites for hydroxylation is 1. The topological polar surface area (TPSA) is 69.8 Å². The lowest BCUT2D eigenvalue weighted by molar-refractivity contribution is -0.118. The summed E-state index contributed by atoms with van der Waals surface area (Å²) in [4.78, 5) is 19.6. The molecule has 2 rings (SSSR count). The van der Waals surface area contributed by atoms with Crippen molar-refractivity contribution < 1.29 is 4.79 Å². The molecule has 5 heteroatoms. The van der Waals surface area contributed by atoms with E-state index in [1.807, 2.05) is 39.0 Å². The molecule has 2 aromatic rings. The lowest BCUT2D eigenvalue weighted by Gasteiger charge is -2.19. The van der Waals surface area contributed by atoms with E-state index in [0.717, 1.165) is 22.5 Å². The fourth-order valence-corrected chi connectivity index (χ4v) is 2.20. The zero-order valence-electron chi connectivity index (χ0n) is 11.7. The van der Waals surface area contributed by atoms with Crippen LogP contribution < -0.4 is 10.6 Å². The number of rotatable bonds is 4. The Morgan fingerprint density at radius 3 is 2.74 bits per heavy atom. The number of hydrogen-bond donors (Lipinski definition) is 3. The summed E-state index contributed by atoms with van der Waals surface area (Å²) in [6.45, 7) is 5.94. The van der Waals surface area contributed by atoms with Crippen molar-refractivity contribution in [3.8, 4) is 0 Å². The van der Waals surface area contributed by atoms with Gasteiger partial charge in [-0.05, 0) is 38.1 Å². The number of imidazole rings is 1. The highest BCUT2D eigenvalue weighted by molar-refractivity contribution is 5.96. The van der Waals surface area contributed by atoms with E-state index in [4.69, 9.17) is 0 Å². The maximum atomic E-state index is 12.1. The first-order valence-corrected chi connectivity index (χ1v) is 6.45. The van der Waals surface area contributed by atoms with E-state index < -0.39 is 0 Å². The lowest BCUT2D eigenvalue weighted by Crippen LogP contribution is -2.42. The zero-order chi connectivity index (χ0) is 14.0. The number of aromatic nitrogens is 2. The number of fused-ring (bicyclic) bond motifs is 1. The van der Waals surface area contributed by atoms with Crippen molar-refractivity contribution in [2.75, 3.05) is 12.4 Å². The van der Waals surface area contributed by atoms with Crippen LogP contribution in [0.1, 0.15) is 19.7 Å². The van der Waals surface area contributed by atoms with Gasteiger partial charge in [0.25, 0.3) is 0 Å². The van der Waals surface area contributed by atoms with Gasteiger partial charge in [0.2, 0.25) is 5.91 Å². The summed E-state index contributed by atoms with van der Waals surface area (Å²) in [5.41, 5.74) is 2.62. The molecule has 5 nitrogen and oxygen atoms in total. The number of likely N-dealkylation sites (N-methyl/N-ethyl adjacent to an activating group) is 1. The highest BCUT2D eigenvalue weighted by atomic mass is 16.2. The van der Waals surface area contributed by atoms with Crippen LogP contribution in [-0.2, 0) is 4.79 Å². The summed E-state index contributed by atoms with van der Waals surface area (Å²) in [5, 5.41) is 5.96. The third-order valence-corrected chi connectivity index (χ3v) is 3.13. The van der Waals surface area contributed by atoms with Crippen molar-refractivity contribution in [3.05, 3.63) is 24.0 Å². The maximum Gasteiger partial charge on any atom is 0.241 e. The third kappa shape index (κ3) is 2.93. The van der Waals surface area contributed by atoms with Gasteiger partial charge in [-0.25, -0.2) is 4.98 Å². The van der Waals surface area contributed by atoms with Gasteiger partial charge in [0.05, 0.1) is 17.1 Å². The van der Waals surface area contributed by atoms with Crippen LogP contribution in [0.25, 0.3) is 11.0 Å². The average Bonchev–Trinajstić information content (AvgIpc) is 2.68. The monoisotopic (exact) mass is 260 g/mol. The Hall–Kier alpha value is -1.88. The molecule has 19 heavy (non-hydrogen) atoms. The summed E-state index contributed by atoms with van der Waals surface area (Å²) in [6.07, 6.45) is 0. The van der Waals surface area contributed by atoms with Crippen molar-refractivity contribution in [3.63, 3.8) is 0 Å². The van der Waals surface area contributed by atoms with Crippen molar-refractivity contribution in [2.45, 2.75) is 26.8 Å². The molecule has 102 valence electrons. The van der Waals surface area contributed by atoms with E-state index in [0.29, 0.717) is 0 Å². The van der Waals surface area contributed by atoms with Crippen LogP contribution in [0.15, 0.2) is 18.2 Å².